The first-order chi connectivity index (χ1) is 10.9. The minimum atomic E-state index is -1.45. The Morgan fingerprint density at radius 2 is 2.22 bits per heavy atom. The standard InChI is InChI=1S/C12H17N3O7S/c1-13-4-21-3-6-7(16)8(17)10(22-6)15-2-5(11(19)20)9(18)14-12(15)23/h2,6-8,10,13,16-17H,3-4H2,1H3,(H,19,20)(H,14,18,23)/t6-,7-,8-,10-/m1/s1. The summed E-state index contributed by atoms with van der Waals surface area (Å²) in [6, 6.07) is 0. The van der Waals surface area contributed by atoms with Crippen LogP contribution in [0.2, 0.25) is 0 Å². The van der Waals surface area contributed by atoms with Crippen molar-refractivity contribution >= 4 is 18.2 Å². The number of aromatic carboxylic acids is 1. The van der Waals surface area contributed by atoms with Gasteiger partial charge in [-0.05, 0) is 19.3 Å². The summed E-state index contributed by atoms with van der Waals surface area (Å²) in [7, 11) is 1.68. The molecule has 128 valence electrons. The predicted octanol–water partition coefficient (Wildman–Crippen LogP) is -1.58. The Hall–Kier alpha value is -1.63. The maximum Gasteiger partial charge on any atom is 0.342 e. The Morgan fingerprint density at radius 3 is 2.83 bits per heavy atom. The maximum atomic E-state index is 11.5. The number of aliphatic hydroxyl groups excluding tert-OH is 2. The molecule has 2 rings (SSSR count). The van der Waals surface area contributed by atoms with Crippen LogP contribution in [0.3, 0.4) is 0 Å². The molecule has 1 fully saturated rings. The highest BCUT2D eigenvalue weighted by atomic mass is 32.1. The van der Waals surface area contributed by atoms with Crippen LogP contribution in [0.15, 0.2) is 11.0 Å². The second-order valence-electron chi connectivity index (χ2n) is 4.93. The molecule has 0 unspecified atom stereocenters. The fourth-order valence-electron chi connectivity index (χ4n) is 2.20. The Labute approximate surface area is 135 Å². The quantitative estimate of drug-likeness (QED) is 0.234. The number of hydrogen-bond acceptors (Lipinski definition) is 8. The molecule has 0 bridgehead atoms. The van der Waals surface area contributed by atoms with E-state index in [9.17, 15) is 19.8 Å². The van der Waals surface area contributed by atoms with Crippen molar-refractivity contribution in [2.24, 2.45) is 0 Å². The van der Waals surface area contributed by atoms with Gasteiger partial charge in [-0.1, -0.05) is 0 Å². The van der Waals surface area contributed by atoms with Crippen LogP contribution in [0, 0.1) is 4.77 Å². The third-order valence-corrected chi connectivity index (χ3v) is 3.65. The van der Waals surface area contributed by atoms with E-state index < -0.39 is 41.6 Å². The van der Waals surface area contributed by atoms with Crippen LogP contribution >= 0.6 is 12.2 Å². The zero-order valence-corrected chi connectivity index (χ0v) is 12.9. The third kappa shape index (κ3) is 3.65. The van der Waals surface area contributed by atoms with Crippen LogP contribution in [0.5, 0.6) is 0 Å². The molecule has 0 aromatic carbocycles. The summed E-state index contributed by atoms with van der Waals surface area (Å²) in [5.74, 6) is -1.45. The number of H-pyrrole nitrogens is 1. The lowest BCUT2D eigenvalue weighted by Gasteiger charge is -2.18. The first-order valence-corrected chi connectivity index (χ1v) is 7.10. The van der Waals surface area contributed by atoms with Crippen molar-refractivity contribution in [1.29, 1.82) is 0 Å². The lowest BCUT2D eigenvalue weighted by Crippen LogP contribution is -2.35. The summed E-state index contributed by atoms with van der Waals surface area (Å²) in [5.41, 5.74) is -1.42. The van der Waals surface area contributed by atoms with Gasteiger partial charge in [-0.2, -0.15) is 0 Å². The summed E-state index contributed by atoms with van der Waals surface area (Å²) >= 11 is 4.96. The van der Waals surface area contributed by atoms with Gasteiger partial charge in [0.15, 0.2) is 11.0 Å². The molecule has 23 heavy (non-hydrogen) atoms. The van der Waals surface area contributed by atoms with Crippen molar-refractivity contribution in [3.63, 3.8) is 0 Å². The molecule has 1 aromatic heterocycles. The summed E-state index contributed by atoms with van der Waals surface area (Å²) in [6.45, 7) is 0.243. The van der Waals surface area contributed by atoms with E-state index in [0.29, 0.717) is 0 Å². The van der Waals surface area contributed by atoms with Crippen LogP contribution in [0.1, 0.15) is 16.6 Å². The van der Waals surface area contributed by atoms with Gasteiger partial charge in [-0.15, -0.1) is 0 Å². The van der Waals surface area contributed by atoms with Crippen molar-refractivity contribution in [3.05, 3.63) is 26.9 Å². The number of aromatic amines is 1. The molecule has 5 N–H and O–H groups in total. The van der Waals surface area contributed by atoms with E-state index in [-0.39, 0.29) is 18.1 Å². The molecular weight excluding hydrogens is 330 g/mol. The SMILES string of the molecule is CNCOC[C@H]1O[C@@H](n2cc(C(=O)O)c(=O)[nH]c2=S)[C@H](O)[C@@H]1O. The van der Waals surface area contributed by atoms with Crippen LogP contribution in [0.25, 0.3) is 0 Å². The highest BCUT2D eigenvalue weighted by Gasteiger charge is 2.44. The minimum Gasteiger partial charge on any atom is -0.477 e. The fraction of sp³-hybridized carbons (Fsp3) is 0.583. The number of ether oxygens (including phenoxy) is 2. The van der Waals surface area contributed by atoms with E-state index in [1.165, 1.54) is 0 Å². The monoisotopic (exact) mass is 347 g/mol. The highest BCUT2D eigenvalue weighted by molar-refractivity contribution is 7.71. The molecule has 1 saturated heterocycles. The molecule has 1 aliphatic rings. The molecule has 10 nitrogen and oxygen atoms in total. The second kappa shape index (κ2) is 7.29. The zero-order valence-electron chi connectivity index (χ0n) is 12.1. The molecule has 1 aliphatic heterocycles. The number of hydrogen-bond donors (Lipinski definition) is 5. The smallest absolute Gasteiger partial charge is 0.342 e. The van der Waals surface area contributed by atoms with E-state index in [0.717, 1.165) is 10.8 Å². The van der Waals surface area contributed by atoms with Gasteiger partial charge in [0.1, 0.15) is 23.9 Å². The molecule has 1 aromatic rings. The Bertz CT molecular complexity index is 688. The van der Waals surface area contributed by atoms with E-state index in [4.69, 9.17) is 26.8 Å². The van der Waals surface area contributed by atoms with Gasteiger partial charge in [-0.3, -0.25) is 19.7 Å². The van der Waals surface area contributed by atoms with E-state index in [2.05, 4.69) is 10.3 Å². The van der Waals surface area contributed by atoms with Crippen molar-refractivity contribution in [2.75, 3.05) is 20.4 Å². The first kappa shape index (κ1) is 17.7. The number of carboxylic acids is 1. The molecule has 0 aliphatic carbocycles. The van der Waals surface area contributed by atoms with Gasteiger partial charge in [-0.25, -0.2) is 4.79 Å². The van der Waals surface area contributed by atoms with Crippen LogP contribution in [0.4, 0.5) is 0 Å². The summed E-state index contributed by atoms with van der Waals surface area (Å²) < 4.78 is 11.6. The van der Waals surface area contributed by atoms with Gasteiger partial charge >= 0.3 is 5.97 Å². The fourth-order valence-corrected chi connectivity index (χ4v) is 2.45. The van der Waals surface area contributed by atoms with Gasteiger partial charge in [0.2, 0.25) is 0 Å². The van der Waals surface area contributed by atoms with Gasteiger partial charge < -0.3 is 24.8 Å². The number of aliphatic hydroxyl groups is 2. The largest absolute Gasteiger partial charge is 0.477 e. The predicted molar refractivity (Wildman–Crippen MR) is 78.6 cm³/mol. The van der Waals surface area contributed by atoms with Crippen molar-refractivity contribution in [2.45, 2.75) is 24.5 Å². The lowest BCUT2D eigenvalue weighted by atomic mass is 10.1. The Kier molecular flexibility index (Phi) is 5.62. The average molecular weight is 347 g/mol. The van der Waals surface area contributed by atoms with Gasteiger partial charge in [0.05, 0.1) is 13.3 Å². The third-order valence-electron chi connectivity index (χ3n) is 3.34. The summed E-state index contributed by atoms with van der Waals surface area (Å²) in [5, 5.41) is 31.8. The van der Waals surface area contributed by atoms with Crippen LogP contribution in [-0.4, -0.2) is 69.5 Å². The normalized spacial score (nSPS) is 27.3. The molecule has 4 atom stereocenters. The number of rotatable bonds is 6. The lowest BCUT2D eigenvalue weighted by molar-refractivity contribution is -0.0692. The molecule has 0 saturated carbocycles. The highest BCUT2D eigenvalue weighted by Crippen LogP contribution is 2.29. The van der Waals surface area contributed by atoms with Crippen molar-refractivity contribution < 1.29 is 29.6 Å². The molecule has 2 heterocycles. The Morgan fingerprint density at radius 1 is 1.52 bits per heavy atom. The summed E-state index contributed by atoms with van der Waals surface area (Å²) in [6.07, 6.45) is -3.61. The number of aromatic nitrogens is 2. The van der Waals surface area contributed by atoms with Crippen LogP contribution < -0.4 is 10.9 Å². The van der Waals surface area contributed by atoms with E-state index in [1.807, 2.05) is 0 Å². The maximum absolute atomic E-state index is 11.5. The molecule has 11 heteroatoms. The average Bonchev–Trinajstić information content (AvgIpc) is 2.76. The zero-order chi connectivity index (χ0) is 17.1. The van der Waals surface area contributed by atoms with Gasteiger partial charge in [0.25, 0.3) is 5.56 Å². The van der Waals surface area contributed by atoms with E-state index in [1.54, 1.807) is 7.05 Å². The second-order valence-corrected chi connectivity index (χ2v) is 5.32. The molecule has 0 spiro atoms. The minimum absolute atomic E-state index is 0.0119. The number of nitrogens with zero attached hydrogens (tertiary/aromatic N) is 1. The van der Waals surface area contributed by atoms with Crippen molar-refractivity contribution in [1.82, 2.24) is 14.9 Å². The topological polar surface area (TPSA) is 146 Å². The van der Waals surface area contributed by atoms with Crippen molar-refractivity contribution in [3.8, 4) is 0 Å². The molecular formula is C12H17N3O7S. The molecule has 0 amide bonds. The van der Waals surface area contributed by atoms with E-state index >= 15 is 0 Å². The summed E-state index contributed by atoms with van der Waals surface area (Å²) in [4.78, 5) is 24.8. The van der Waals surface area contributed by atoms with Gasteiger partial charge in [0, 0.05) is 6.20 Å². The number of carboxylic acid groups (broad SMARTS) is 1. The number of nitrogens with one attached hydrogen (secondary N) is 2. The first-order valence-electron chi connectivity index (χ1n) is 6.69. The van der Waals surface area contributed by atoms with Crippen LogP contribution in [-0.2, 0) is 9.47 Å². The Balaban J connectivity index is 2.28. The number of carbonyl (C=O) groups is 1. The molecule has 0 radical (unpaired) electrons.